The summed E-state index contributed by atoms with van der Waals surface area (Å²) >= 11 is 1.74. The Kier molecular flexibility index (Phi) is 4.81. The zero-order valence-electron chi connectivity index (χ0n) is 18.2. The van der Waals surface area contributed by atoms with Crippen LogP contribution in [0.4, 0.5) is 0 Å². The Morgan fingerprint density at radius 3 is 2.81 bits per heavy atom. The fourth-order valence-corrected chi connectivity index (χ4v) is 7.12. The summed E-state index contributed by atoms with van der Waals surface area (Å²) in [5.41, 5.74) is 2.93. The number of likely N-dealkylation sites (tertiary alicyclic amines) is 1. The van der Waals surface area contributed by atoms with Gasteiger partial charge in [0.2, 0.25) is 5.91 Å². The number of carbonyl (C=O) groups is 1. The number of ether oxygens (including phenoxy) is 1. The largest absolute Gasteiger partial charge is 0.496 e. The molecule has 3 aliphatic heterocycles. The number of hydrogen-bond acceptors (Lipinski definition) is 5. The lowest BCUT2D eigenvalue weighted by molar-refractivity contribution is -0.137. The third kappa shape index (κ3) is 2.93. The number of nitrogens with zero attached hydrogens (tertiary/aromatic N) is 3. The molecule has 0 aliphatic carbocycles. The molecule has 0 bridgehead atoms. The first-order valence-electron chi connectivity index (χ1n) is 11.4. The van der Waals surface area contributed by atoms with E-state index in [-0.39, 0.29) is 11.6 Å². The van der Waals surface area contributed by atoms with Crippen molar-refractivity contribution in [2.75, 3.05) is 20.2 Å². The van der Waals surface area contributed by atoms with Crippen molar-refractivity contribution in [3.05, 3.63) is 70.5 Å². The summed E-state index contributed by atoms with van der Waals surface area (Å²) in [7, 11) is 1.69. The highest BCUT2D eigenvalue weighted by atomic mass is 32.1. The number of hydrogen-bond donors (Lipinski definition) is 0. The van der Waals surface area contributed by atoms with Crippen molar-refractivity contribution in [2.45, 2.75) is 37.4 Å². The van der Waals surface area contributed by atoms with Crippen LogP contribution in [0.25, 0.3) is 11.3 Å². The number of amides is 1. The van der Waals surface area contributed by atoms with E-state index in [1.165, 1.54) is 0 Å². The summed E-state index contributed by atoms with van der Waals surface area (Å²) < 4.78 is 5.53. The van der Waals surface area contributed by atoms with Gasteiger partial charge in [0.1, 0.15) is 16.3 Å². The van der Waals surface area contributed by atoms with Gasteiger partial charge in [-0.15, -0.1) is 11.3 Å². The van der Waals surface area contributed by atoms with Crippen LogP contribution < -0.4 is 4.74 Å². The van der Waals surface area contributed by atoms with E-state index >= 15 is 0 Å². The third-order valence-corrected chi connectivity index (χ3v) is 8.50. The lowest BCUT2D eigenvalue weighted by Gasteiger charge is -2.33. The van der Waals surface area contributed by atoms with Crippen LogP contribution in [0, 0.1) is 5.92 Å². The van der Waals surface area contributed by atoms with Gasteiger partial charge in [0.15, 0.2) is 0 Å². The molecule has 5 nitrogen and oxygen atoms in total. The molecule has 3 aromatic rings. The normalized spacial score (nSPS) is 27.0. The minimum Gasteiger partial charge on any atom is -0.496 e. The molecule has 6 heteroatoms. The molecular weight excluding hydrogens is 418 g/mol. The van der Waals surface area contributed by atoms with Gasteiger partial charge >= 0.3 is 0 Å². The Hall–Kier alpha value is -2.70. The first-order chi connectivity index (χ1) is 15.7. The Bertz CT molecular complexity index is 1150. The van der Waals surface area contributed by atoms with Crippen LogP contribution in [0.5, 0.6) is 5.75 Å². The van der Waals surface area contributed by atoms with Crippen LogP contribution in [0.15, 0.2) is 60.0 Å². The molecule has 0 saturated carbocycles. The number of benzene rings is 2. The van der Waals surface area contributed by atoms with Crippen LogP contribution in [0.1, 0.15) is 35.9 Å². The van der Waals surface area contributed by atoms with Crippen molar-refractivity contribution in [3.63, 3.8) is 0 Å². The average Bonchev–Trinajstić information content (AvgIpc) is 3.58. The summed E-state index contributed by atoms with van der Waals surface area (Å²) in [6, 6.07) is 18.6. The van der Waals surface area contributed by atoms with Crippen molar-refractivity contribution in [3.8, 4) is 17.0 Å². The number of rotatable bonds is 5. The van der Waals surface area contributed by atoms with E-state index in [0.29, 0.717) is 18.4 Å². The smallest absolute Gasteiger partial charge is 0.243 e. The van der Waals surface area contributed by atoms with E-state index in [4.69, 9.17) is 9.72 Å². The Morgan fingerprint density at radius 2 is 1.97 bits per heavy atom. The number of aromatic nitrogens is 1. The van der Waals surface area contributed by atoms with Gasteiger partial charge in [-0.2, -0.15) is 0 Å². The van der Waals surface area contributed by atoms with Crippen LogP contribution in [-0.2, 0) is 11.3 Å². The van der Waals surface area contributed by atoms with Crippen LogP contribution in [0.3, 0.4) is 0 Å². The number of carbonyl (C=O) groups excluding carboxylic acids is 1. The van der Waals surface area contributed by atoms with Gasteiger partial charge in [0.05, 0.1) is 18.8 Å². The minimum absolute atomic E-state index is 0.252. The molecule has 4 heterocycles. The molecule has 0 unspecified atom stereocenters. The van der Waals surface area contributed by atoms with Gasteiger partial charge in [-0.05, 0) is 31.9 Å². The second kappa shape index (κ2) is 7.71. The monoisotopic (exact) mass is 445 g/mol. The number of para-hydroxylation sites is 1. The van der Waals surface area contributed by atoms with E-state index in [1.807, 2.05) is 24.3 Å². The standard InChI is InChI=1S/C26H27N3O2S/c1-31-23-11-6-5-10-19(23)15-28-16-20-14-22(29-13-7-12-26(20,29)25(28)30)24-27-21(17-32-24)18-8-3-2-4-9-18/h2-6,8-11,17,20,22H,7,12-16H2,1H3/t20-,22-,26-/m0/s1. The molecule has 3 fully saturated rings. The third-order valence-electron chi connectivity index (χ3n) is 7.56. The molecule has 0 N–H and O–H groups in total. The molecular formula is C26H27N3O2S. The summed E-state index contributed by atoms with van der Waals surface area (Å²) in [4.78, 5) is 23.4. The fourth-order valence-electron chi connectivity index (χ4n) is 6.17. The predicted octanol–water partition coefficient (Wildman–Crippen LogP) is 4.76. The van der Waals surface area contributed by atoms with E-state index in [1.54, 1.807) is 18.4 Å². The molecule has 3 aliphatic rings. The van der Waals surface area contributed by atoms with Crippen LogP contribution >= 0.6 is 11.3 Å². The van der Waals surface area contributed by atoms with Gasteiger partial charge < -0.3 is 9.64 Å². The Labute approximate surface area is 192 Å². The molecule has 6 rings (SSSR count). The second-order valence-electron chi connectivity index (χ2n) is 9.10. The highest BCUT2D eigenvalue weighted by Crippen LogP contribution is 2.56. The van der Waals surface area contributed by atoms with Gasteiger partial charge in [-0.25, -0.2) is 4.98 Å². The van der Waals surface area contributed by atoms with Crippen LogP contribution in [0.2, 0.25) is 0 Å². The first-order valence-corrected chi connectivity index (χ1v) is 12.3. The van der Waals surface area contributed by atoms with Crippen molar-refractivity contribution in [2.24, 2.45) is 5.92 Å². The molecule has 1 spiro atoms. The maximum absolute atomic E-state index is 13.8. The molecule has 2 aromatic carbocycles. The van der Waals surface area contributed by atoms with Gasteiger partial charge in [0.25, 0.3) is 0 Å². The fraction of sp³-hybridized carbons (Fsp3) is 0.385. The average molecular weight is 446 g/mol. The second-order valence-corrected chi connectivity index (χ2v) is 9.99. The summed E-state index contributed by atoms with van der Waals surface area (Å²) in [6.07, 6.45) is 3.06. The predicted molar refractivity (Wildman–Crippen MR) is 125 cm³/mol. The maximum atomic E-state index is 13.8. The summed E-state index contributed by atoms with van der Waals surface area (Å²) in [6.45, 7) is 2.42. The highest BCUT2D eigenvalue weighted by molar-refractivity contribution is 7.10. The minimum atomic E-state index is -0.342. The molecule has 3 saturated heterocycles. The zero-order valence-corrected chi connectivity index (χ0v) is 19.1. The Morgan fingerprint density at radius 1 is 1.16 bits per heavy atom. The van der Waals surface area contributed by atoms with E-state index in [9.17, 15) is 4.79 Å². The maximum Gasteiger partial charge on any atom is 0.243 e. The first kappa shape index (κ1) is 19.9. The lowest BCUT2D eigenvalue weighted by Crippen LogP contribution is -2.49. The lowest BCUT2D eigenvalue weighted by atomic mass is 9.86. The van der Waals surface area contributed by atoms with Gasteiger partial charge in [-0.1, -0.05) is 48.5 Å². The SMILES string of the molecule is COc1ccccc1CN1C[C@@H]2C[C@@H](c3nc(-c4ccccc4)cs3)N3CCC[C@@]23C1=O. The highest BCUT2D eigenvalue weighted by Gasteiger charge is 2.65. The molecule has 0 radical (unpaired) electrons. The number of thiazole rings is 1. The quantitative estimate of drug-likeness (QED) is 0.568. The van der Waals surface area contributed by atoms with E-state index < -0.39 is 0 Å². The van der Waals surface area contributed by atoms with Gasteiger partial charge in [-0.3, -0.25) is 9.69 Å². The molecule has 1 amide bonds. The zero-order chi connectivity index (χ0) is 21.7. The van der Waals surface area contributed by atoms with Crippen molar-refractivity contribution >= 4 is 17.2 Å². The van der Waals surface area contributed by atoms with Crippen molar-refractivity contribution < 1.29 is 9.53 Å². The topological polar surface area (TPSA) is 45.7 Å². The van der Waals surface area contributed by atoms with Crippen LogP contribution in [-0.4, -0.2) is 46.4 Å². The summed E-state index contributed by atoms with van der Waals surface area (Å²) in [5.74, 6) is 1.52. The van der Waals surface area contributed by atoms with Crippen molar-refractivity contribution in [1.29, 1.82) is 0 Å². The number of methoxy groups -OCH3 is 1. The van der Waals surface area contributed by atoms with E-state index in [0.717, 1.165) is 59.9 Å². The summed E-state index contributed by atoms with van der Waals surface area (Å²) in [5, 5.41) is 3.32. The molecule has 1 aromatic heterocycles. The molecule has 3 atom stereocenters. The molecule has 32 heavy (non-hydrogen) atoms. The van der Waals surface area contributed by atoms with Crippen molar-refractivity contribution in [1.82, 2.24) is 14.8 Å². The Balaban J connectivity index is 1.26. The van der Waals surface area contributed by atoms with Gasteiger partial charge in [0, 0.05) is 35.5 Å². The molecule has 164 valence electrons. The van der Waals surface area contributed by atoms with E-state index in [2.05, 4.69) is 45.5 Å².